The van der Waals surface area contributed by atoms with Crippen LogP contribution in [0.2, 0.25) is 5.02 Å². The first-order valence-electron chi connectivity index (χ1n) is 7.23. The zero-order chi connectivity index (χ0) is 14.2. The van der Waals surface area contributed by atoms with Crippen LogP contribution in [0.3, 0.4) is 0 Å². The Balaban J connectivity index is 1.87. The molecule has 0 aromatic heterocycles. The van der Waals surface area contributed by atoms with E-state index in [0.29, 0.717) is 5.96 Å². The Bertz CT molecular complexity index is 503. The van der Waals surface area contributed by atoms with Gasteiger partial charge >= 0.3 is 0 Å². The van der Waals surface area contributed by atoms with E-state index in [4.69, 9.17) is 17.3 Å². The van der Waals surface area contributed by atoms with Gasteiger partial charge in [0.2, 0.25) is 0 Å². The molecule has 1 aromatic carbocycles. The first kappa shape index (κ1) is 13.7. The van der Waals surface area contributed by atoms with E-state index in [1.807, 2.05) is 24.3 Å². The van der Waals surface area contributed by atoms with Crippen LogP contribution in [0.1, 0.15) is 19.8 Å². The molecule has 0 bridgehead atoms. The fourth-order valence-corrected chi connectivity index (χ4v) is 3.40. The highest BCUT2D eigenvalue weighted by Gasteiger charge is 2.44. The molecule has 0 unspecified atom stereocenters. The summed E-state index contributed by atoms with van der Waals surface area (Å²) in [5.74, 6) is 0.636. The van der Waals surface area contributed by atoms with Crippen LogP contribution in [0, 0.1) is 0 Å². The first-order valence-corrected chi connectivity index (χ1v) is 7.60. The quantitative estimate of drug-likeness (QED) is 0.910. The van der Waals surface area contributed by atoms with E-state index in [0.717, 1.165) is 49.7 Å². The van der Waals surface area contributed by atoms with E-state index in [1.54, 1.807) is 0 Å². The Labute approximate surface area is 125 Å². The van der Waals surface area contributed by atoms with Gasteiger partial charge in [-0.1, -0.05) is 18.5 Å². The molecule has 2 N–H and O–H groups in total. The van der Waals surface area contributed by atoms with E-state index in [-0.39, 0.29) is 5.54 Å². The summed E-state index contributed by atoms with van der Waals surface area (Å²) in [6.07, 6.45) is 2.21. The maximum absolute atomic E-state index is 6.15. The molecule has 1 aromatic rings. The average Bonchev–Trinajstić information content (AvgIpc) is 2.78. The second-order valence-corrected chi connectivity index (χ2v) is 6.08. The maximum atomic E-state index is 6.15. The molecule has 2 aliphatic rings. The van der Waals surface area contributed by atoms with Gasteiger partial charge in [-0.2, -0.15) is 0 Å². The van der Waals surface area contributed by atoms with Crippen LogP contribution in [-0.4, -0.2) is 42.6 Å². The van der Waals surface area contributed by atoms with Crippen LogP contribution in [-0.2, 0) is 0 Å². The fraction of sp³-hybridized carbons (Fsp3) is 0.533. The molecule has 0 aliphatic carbocycles. The number of piperidine rings is 1. The molecule has 0 saturated carbocycles. The van der Waals surface area contributed by atoms with Gasteiger partial charge in [-0.15, -0.1) is 0 Å². The first-order chi connectivity index (χ1) is 9.64. The number of nitrogens with zero attached hydrogens (tertiary/aromatic N) is 3. The minimum absolute atomic E-state index is 0.0591. The third kappa shape index (κ3) is 2.27. The number of hydrogen-bond donors (Lipinski definition) is 1. The average molecular weight is 293 g/mol. The van der Waals surface area contributed by atoms with Crippen LogP contribution in [0.15, 0.2) is 29.3 Å². The number of nitrogens with two attached hydrogens (primary N) is 1. The standard InChI is InChI=1S/C15H21ClN4/c1-2-19-9-7-15(8-10-19)11-18-14(17)20(15)13-5-3-12(16)4-6-13/h3-6H,2,7-11H2,1H3,(H2,17,18). The SMILES string of the molecule is CCN1CCC2(CC1)CN=C(N)N2c1ccc(Cl)cc1. The molecule has 2 aliphatic heterocycles. The number of aliphatic imine (C=N–C) groups is 1. The van der Waals surface area contributed by atoms with Crippen molar-refractivity contribution in [1.82, 2.24) is 4.90 Å². The largest absolute Gasteiger partial charge is 0.369 e. The summed E-state index contributed by atoms with van der Waals surface area (Å²) in [5.41, 5.74) is 7.31. The van der Waals surface area contributed by atoms with Crippen LogP contribution in [0.25, 0.3) is 0 Å². The topological polar surface area (TPSA) is 44.9 Å². The molecule has 0 atom stereocenters. The minimum atomic E-state index is 0.0591. The summed E-state index contributed by atoms with van der Waals surface area (Å²) in [6, 6.07) is 7.89. The molecular formula is C15H21ClN4. The van der Waals surface area contributed by atoms with Gasteiger partial charge in [-0.05, 0) is 43.7 Å². The van der Waals surface area contributed by atoms with Crippen LogP contribution < -0.4 is 10.6 Å². The molecule has 0 radical (unpaired) electrons. The molecule has 1 saturated heterocycles. The van der Waals surface area contributed by atoms with Gasteiger partial charge in [0.15, 0.2) is 5.96 Å². The van der Waals surface area contributed by atoms with Crippen molar-refractivity contribution in [2.24, 2.45) is 10.7 Å². The second kappa shape index (κ2) is 5.26. The molecule has 3 rings (SSSR count). The molecule has 1 fully saturated rings. The normalized spacial score (nSPS) is 22.3. The Morgan fingerprint density at radius 2 is 1.90 bits per heavy atom. The Hall–Kier alpha value is -1.26. The Morgan fingerprint density at radius 1 is 1.25 bits per heavy atom. The lowest BCUT2D eigenvalue weighted by atomic mass is 9.86. The molecular weight excluding hydrogens is 272 g/mol. The van der Waals surface area contributed by atoms with E-state index in [2.05, 4.69) is 21.7 Å². The number of hydrogen-bond acceptors (Lipinski definition) is 4. The monoisotopic (exact) mass is 292 g/mol. The number of halogens is 1. The second-order valence-electron chi connectivity index (χ2n) is 5.64. The van der Waals surface area contributed by atoms with Gasteiger partial charge in [-0.25, -0.2) is 0 Å². The summed E-state index contributed by atoms with van der Waals surface area (Å²) >= 11 is 5.98. The molecule has 1 spiro atoms. The van der Waals surface area contributed by atoms with Crippen LogP contribution in [0.5, 0.6) is 0 Å². The van der Waals surface area contributed by atoms with Crippen molar-refractivity contribution < 1.29 is 0 Å². The zero-order valence-corrected chi connectivity index (χ0v) is 12.6. The van der Waals surface area contributed by atoms with Gasteiger partial charge < -0.3 is 15.5 Å². The molecule has 20 heavy (non-hydrogen) atoms. The number of anilines is 1. The minimum Gasteiger partial charge on any atom is -0.369 e. The van der Waals surface area contributed by atoms with Crippen LogP contribution in [0.4, 0.5) is 5.69 Å². The highest BCUT2D eigenvalue weighted by Crippen LogP contribution is 2.37. The summed E-state index contributed by atoms with van der Waals surface area (Å²) in [4.78, 5) is 9.22. The zero-order valence-electron chi connectivity index (χ0n) is 11.8. The van der Waals surface area contributed by atoms with E-state index in [1.165, 1.54) is 0 Å². The summed E-state index contributed by atoms with van der Waals surface area (Å²) in [7, 11) is 0. The van der Waals surface area contributed by atoms with Gasteiger partial charge in [0.05, 0.1) is 12.1 Å². The summed E-state index contributed by atoms with van der Waals surface area (Å²) < 4.78 is 0. The molecule has 4 nitrogen and oxygen atoms in total. The Morgan fingerprint density at radius 3 is 2.50 bits per heavy atom. The number of guanidine groups is 1. The van der Waals surface area contributed by atoms with Gasteiger partial charge in [0.25, 0.3) is 0 Å². The van der Waals surface area contributed by atoms with Crippen molar-refractivity contribution in [2.75, 3.05) is 31.1 Å². The highest BCUT2D eigenvalue weighted by molar-refractivity contribution is 6.30. The molecule has 0 amide bonds. The number of rotatable bonds is 2. The van der Waals surface area contributed by atoms with Crippen molar-refractivity contribution in [3.8, 4) is 0 Å². The smallest absolute Gasteiger partial charge is 0.196 e. The van der Waals surface area contributed by atoms with Gasteiger partial charge in [-0.3, -0.25) is 4.99 Å². The lowest BCUT2D eigenvalue weighted by molar-refractivity contribution is 0.178. The van der Waals surface area contributed by atoms with Crippen molar-refractivity contribution in [2.45, 2.75) is 25.3 Å². The lowest BCUT2D eigenvalue weighted by Crippen LogP contribution is -2.57. The molecule has 2 heterocycles. The van der Waals surface area contributed by atoms with Crippen molar-refractivity contribution in [3.63, 3.8) is 0 Å². The highest BCUT2D eigenvalue weighted by atomic mass is 35.5. The fourth-order valence-electron chi connectivity index (χ4n) is 3.28. The van der Waals surface area contributed by atoms with Gasteiger partial charge in [0.1, 0.15) is 0 Å². The number of likely N-dealkylation sites (tertiary alicyclic amines) is 1. The van der Waals surface area contributed by atoms with Crippen molar-refractivity contribution in [1.29, 1.82) is 0 Å². The van der Waals surface area contributed by atoms with Crippen LogP contribution >= 0.6 is 11.6 Å². The summed E-state index contributed by atoms with van der Waals surface area (Å²) in [6.45, 7) is 6.37. The third-order valence-electron chi connectivity index (χ3n) is 4.56. The van der Waals surface area contributed by atoms with Gasteiger partial charge in [0, 0.05) is 23.8 Å². The third-order valence-corrected chi connectivity index (χ3v) is 4.81. The predicted molar refractivity (Wildman–Crippen MR) is 84.5 cm³/mol. The number of benzene rings is 1. The molecule has 5 heteroatoms. The lowest BCUT2D eigenvalue weighted by Gasteiger charge is -2.45. The maximum Gasteiger partial charge on any atom is 0.196 e. The van der Waals surface area contributed by atoms with Crippen molar-refractivity contribution in [3.05, 3.63) is 29.3 Å². The van der Waals surface area contributed by atoms with Crippen molar-refractivity contribution >= 4 is 23.2 Å². The van der Waals surface area contributed by atoms with E-state index >= 15 is 0 Å². The molecule has 108 valence electrons. The summed E-state index contributed by atoms with van der Waals surface area (Å²) in [5, 5.41) is 0.748. The van der Waals surface area contributed by atoms with E-state index < -0.39 is 0 Å². The predicted octanol–water partition coefficient (Wildman–Crippen LogP) is 2.33. The van der Waals surface area contributed by atoms with E-state index in [9.17, 15) is 0 Å². The Kier molecular flexibility index (Phi) is 3.61.